The lowest BCUT2D eigenvalue weighted by molar-refractivity contribution is -0.537. The minimum Gasteiger partial charge on any atom is -0.343 e. The Labute approximate surface area is 357 Å². The molecule has 0 aliphatic carbocycles. The fraction of sp³-hybridized carbons (Fsp3) is 0.553. The van der Waals surface area contributed by atoms with Crippen molar-refractivity contribution >= 4 is 62.5 Å². The number of amidine groups is 1. The zero-order valence-corrected chi connectivity index (χ0v) is 38.6. The van der Waals surface area contributed by atoms with E-state index in [1.807, 2.05) is 0 Å². The minimum absolute atomic E-state index is 0.978. The number of hydrogen-bond donors (Lipinski definition) is 0. The molecule has 3 aromatic rings. The number of piperidine rings is 2. The molecule has 11 heteroatoms. The predicted octanol–water partition coefficient (Wildman–Crippen LogP) is 9.09. The van der Waals surface area contributed by atoms with E-state index in [1.54, 1.807) is 5.84 Å². The Hall–Kier alpha value is -3.04. The summed E-state index contributed by atoms with van der Waals surface area (Å²) in [5.41, 5.74) is 8.08. The molecular weight excluding hydrogens is 769 g/mol. The van der Waals surface area contributed by atoms with Crippen LogP contribution in [0, 0.1) is 0 Å². The molecule has 0 amide bonds. The quantitative estimate of drug-likeness (QED) is 0.183. The van der Waals surface area contributed by atoms with Gasteiger partial charge in [0.15, 0.2) is 0 Å². The fourth-order valence-corrected chi connectivity index (χ4v) is 9.90. The van der Waals surface area contributed by atoms with Crippen LogP contribution in [0.2, 0.25) is 0 Å². The van der Waals surface area contributed by atoms with E-state index in [-0.39, 0.29) is 0 Å². The van der Waals surface area contributed by atoms with E-state index < -0.39 is 0 Å². The molecule has 0 spiro atoms. The van der Waals surface area contributed by atoms with E-state index in [0.29, 0.717) is 0 Å². The van der Waals surface area contributed by atoms with Gasteiger partial charge in [-0.25, -0.2) is 4.90 Å². The van der Waals surface area contributed by atoms with Crippen molar-refractivity contribution in [1.82, 2.24) is 9.80 Å². The van der Waals surface area contributed by atoms with Crippen molar-refractivity contribution in [3.63, 3.8) is 0 Å². The summed E-state index contributed by atoms with van der Waals surface area (Å²) in [5, 5.41) is 0. The highest BCUT2D eigenvalue weighted by Crippen LogP contribution is 2.26. The van der Waals surface area contributed by atoms with E-state index in [1.165, 1.54) is 156 Å². The van der Waals surface area contributed by atoms with Gasteiger partial charge in [0.05, 0.1) is 19.6 Å². The zero-order valence-electron chi connectivity index (χ0n) is 35.1. The molecule has 2 saturated heterocycles. The number of aliphatic imine (C=N–C) groups is 2. The first-order valence-electron chi connectivity index (χ1n) is 22.5. The first kappa shape index (κ1) is 43.1. The summed E-state index contributed by atoms with van der Waals surface area (Å²) >= 11 is 0. The molecule has 3 aromatic carbocycles. The van der Waals surface area contributed by atoms with Crippen LogP contribution in [0.1, 0.15) is 93.7 Å². The first-order chi connectivity index (χ1) is 28.6. The molecule has 6 aliphatic heterocycles. The number of benzene rings is 3. The Balaban J connectivity index is 0.000000133. The van der Waals surface area contributed by atoms with E-state index in [4.69, 9.17) is 9.98 Å². The highest BCUT2D eigenvalue weighted by molar-refractivity contribution is 7.15. The lowest BCUT2D eigenvalue weighted by Gasteiger charge is -2.38. The minimum atomic E-state index is 0.978. The van der Waals surface area contributed by atoms with Crippen LogP contribution in [0.4, 0.5) is 17.1 Å². The molecule has 0 radical (unpaired) electrons. The first-order valence-corrected chi connectivity index (χ1v) is 25.0. The van der Waals surface area contributed by atoms with Gasteiger partial charge in [-0.1, -0.05) is 36.4 Å². The highest BCUT2D eigenvalue weighted by atomic mass is 31.0. The second-order valence-corrected chi connectivity index (χ2v) is 17.7. The Morgan fingerprint density at radius 2 is 0.810 bits per heavy atom. The van der Waals surface area contributed by atoms with Crippen molar-refractivity contribution in [2.45, 2.75) is 95.5 Å². The number of guanidine groups is 2. The van der Waals surface area contributed by atoms with Crippen LogP contribution in [0.5, 0.6) is 0 Å². The fourth-order valence-electron chi connectivity index (χ4n) is 9.09. The number of likely N-dealkylation sites (tertiary alicyclic amines) is 2. The van der Waals surface area contributed by atoms with Gasteiger partial charge in [0.25, 0.3) is 5.84 Å². The molecule has 312 valence electrons. The van der Waals surface area contributed by atoms with Crippen LogP contribution in [-0.4, -0.2) is 104 Å². The third kappa shape index (κ3) is 11.4. The summed E-state index contributed by atoms with van der Waals surface area (Å²) in [6, 6.07) is 26.9. The van der Waals surface area contributed by atoms with Crippen LogP contribution in [0.25, 0.3) is 0 Å². The Kier molecular flexibility index (Phi) is 16.7. The third-order valence-electron chi connectivity index (χ3n) is 12.4. The van der Waals surface area contributed by atoms with Gasteiger partial charge in [0.2, 0.25) is 11.9 Å². The topological polar surface area (TPSA) is 43.9 Å². The number of nitrogens with zero attached hydrogens (tertiary/aromatic N) is 8. The monoisotopic (exact) mass is 839 g/mol. The molecule has 58 heavy (non-hydrogen) atoms. The van der Waals surface area contributed by atoms with Crippen molar-refractivity contribution in [2.75, 3.05) is 86.7 Å². The third-order valence-corrected chi connectivity index (χ3v) is 13.8. The molecule has 6 aliphatic rings. The van der Waals surface area contributed by atoms with Crippen molar-refractivity contribution < 1.29 is 4.58 Å². The van der Waals surface area contributed by atoms with Crippen molar-refractivity contribution in [3.05, 3.63) is 89.5 Å². The van der Waals surface area contributed by atoms with Crippen LogP contribution >= 0.6 is 27.7 Å². The van der Waals surface area contributed by atoms with Crippen molar-refractivity contribution in [2.24, 2.45) is 9.98 Å². The maximum absolute atomic E-state index is 4.82. The van der Waals surface area contributed by atoms with E-state index in [9.17, 15) is 0 Å². The average Bonchev–Trinajstić information content (AvgIpc) is 3.32. The predicted molar refractivity (Wildman–Crippen MR) is 260 cm³/mol. The molecule has 0 N–H and O–H groups in total. The van der Waals surface area contributed by atoms with Crippen molar-refractivity contribution in [1.29, 1.82) is 0 Å². The lowest BCUT2D eigenvalue weighted by atomic mass is 10.1. The van der Waals surface area contributed by atoms with Gasteiger partial charge in [-0.2, -0.15) is 0 Å². The zero-order chi connectivity index (χ0) is 39.9. The molecule has 3 atom stereocenters. The smallest absolute Gasteiger partial charge is 0.251 e. The normalized spacial score (nSPS) is 19.9. The Morgan fingerprint density at radius 3 is 1.24 bits per heavy atom. The summed E-state index contributed by atoms with van der Waals surface area (Å²) in [6.45, 7) is 12.5. The molecule has 9 rings (SSSR count). The van der Waals surface area contributed by atoms with Gasteiger partial charge >= 0.3 is 0 Å². The van der Waals surface area contributed by atoms with Crippen LogP contribution in [0.15, 0.2) is 82.8 Å². The molecule has 6 heterocycles. The van der Waals surface area contributed by atoms with Gasteiger partial charge < -0.3 is 19.6 Å². The standard InChI is InChI=1S/2C16H24N3P.C15H22N2P/c2*20-13-14-5-7-15(8-6-14)19-12-4-9-17-16(19)18-10-2-1-3-11-18;18-12-13-5-7-14(8-6-13)17-11-3-10-16-9-2-1-4-15(16)17/h2*5-8H,1-4,9-13,20H2;5-8H,1-4,9-12,18H2/q;;+1. The summed E-state index contributed by atoms with van der Waals surface area (Å²) in [7, 11) is 8.36. The summed E-state index contributed by atoms with van der Waals surface area (Å²) < 4.78 is 2.59. The number of anilines is 3. The maximum atomic E-state index is 4.82. The molecular formula is C47H70N8P3+. The highest BCUT2D eigenvalue weighted by Gasteiger charge is 2.31. The van der Waals surface area contributed by atoms with Gasteiger partial charge in [0, 0.05) is 76.6 Å². The molecule has 2 fully saturated rings. The summed E-state index contributed by atoms with van der Waals surface area (Å²) in [4.78, 5) is 21.9. The van der Waals surface area contributed by atoms with E-state index in [2.05, 4.69) is 130 Å². The van der Waals surface area contributed by atoms with Gasteiger partial charge in [-0.05, 0) is 136 Å². The van der Waals surface area contributed by atoms with Gasteiger partial charge in [-0.3, -0.25) is 14.6 Å². The molecule has 0 aromatic heterocycles. The molecule has 3 unspecified atom stereocenters. The Morgan fingerprint density at radius 1 is 0.414 bits per heavy atom. The second kappa shape index (κ2) is 22.5. The van der Waals surface area contributed by atoms with Crippen LogP contribution < -0.4 is 14.7 Å². The average molecular weight is 840 g/mol. The van der Waals surface area contributed by atoms with Gasteiger partial charge in [0.1, 0.15) is 5.69 Å². The number of rotatable bonds is 6. The van der Waals surface area contributed by atoms with Crippen molar-refractivity contribution in [3.8, 4) is 0 Å². The second-order valence-electron chi connectivity index (χ2n) is 16.4. The molecule has 0 bridgehead atoms. The molecule has 0 saturated carbocycles. The van der Waals surface area contributed by atoms with E-state index in [0.717, 1.165) is 57.5 Å². The van der Waals surface area contributed by atoms with Crippen LogP contribution in [-0.2, 0) is 18.5 Å². The lowest BCUT2D eigenvalue weighted by Crippen LogP contribution is -2.49. The summed E-state index contributed by atoms with van der Waals surface area (Å²) in [5.74, 6) is 3.97. The van der Waals surface area contributed by atoms with E-state index >= 15 is 0 Å². The largest absolute Gasteiger partial charge is 0.343 e. The Bertz CT molecular complexity index is 1710. The number of hydrogen-bond acceptors (Lipinski definition) is 7. The van der Waals surface area contributed by atoms with Gasteiger partial charge in [-0.15, -0.1) is 27.7 Å². The maximum Gasteiger partial charge on any atom is 0.251 e. The summed E-state index contributed by atoms with van der Waals surface area (Å²) in [6.07, 6.45) is 18.6. The molecule has 8 nitrogen and oxygen atoms in total. The SMILES string of the molecule is PCc1ccc(N2CCCN=C2N2CCCCC2)cc1.PCc1ccc(N2CCCN=C2N2CCCCC2)cc1.PCc1ccc(N2CCC[N+]3=C2CCCC3)cc1. The van der Waals surface area contributed by atoms with Crippen LogP contribution in [0.3, 0.4) is 0 Å².